The van der Waals surface area contributed by atoms with Gasteiger partial charge in [-0.1, -0.05) is 27.2 Å². The normalized spacial score (nSPS) is 15.0. The van der Waals surface area contributed by atoms with Crippen molar-refractivity contribution < 1.29 is 13.2 Å². The lowest BCUT2D eigenvalue weighted by atomic mass is 10.2. The fourth-order valence-corrected chi connectivity index (χ4v) is 6.27. The van der Waals surface area contributed by atoms with E-state index in [2.05, 4.69) is 37.1 Å². The van der Waals surface area contributed by atoms with Gasteiger partial charge in [-0.25, -0.2) is 18.4 Å². The summed E-state index contributed by atoms with van der Waals surface area (Å²) >= 11 is 0. The summed E-state index contributed by atoms with van der Waals surface area (Å²) in [5.74, 6) is 0.374. The summed E-state index contributed by atoms with van der Waals surface area (Å²) in [7, 11) is -3.82. The molecule has 0 aromatic carbocycles. The summed E-state index contributed by atoms with van der Waals surface area (Å²) in [6.07, 6.45) is 5.06. The van der Waals surface area contributed by atoms with E-state index in [1.165, 1.54) is 16.6 Å². The Balaban J connectivity index is 1.60. The van der Waals surface area contributed by atoms with Crippen molar-refractivity contribution in [3.63, 3.8) is 0 Å². The molecule has 0 atom stereocenters. The maximum atomic E-state index is 13.6. The van der Waals surface area contributed by atoms with Crippen molar-refractivity contribution >= 4 is 21.1 Å². The number of likely N-dealkylation sites (N-methyl/N-ethyl adjacent to an activating group) is 1. The van der Waals surface area contributed by atoms with Crippen molar-refractivity contribution in [2.45, 2.75) is 51.5 Å². The molecule has 218 valence electrons. The molecule has 0 bridgehead atoms. The number of nitrogens with one attached hydrogen (secondary N) is 1. The Morgan fingerprint density at radius 2 is 1.88 bits per heavy atom. The van der Waals surface area contributed by atoms with E-state index in [0.717, 1.165) is 25.1 Å². The van der Waals surface area contributed by atoms with Crippen LogP contribution in [0.3, 0.4) is 0 Å². The summed E-state index contributed by atoms with van der Waals surface area (Å²) in [6.45, 7) is 9.76. The van der Waals surface area contributed by atoms with Crippen LogP contribution < -0.4 is 10.3 Å². The van der Waals surface area contributed by atoms with Crippen LogP contribution in [0.5, 0.6) is 5.88 Å². The third kappa shape index (κ3) is 5.99. The highest BCUT2D eigenvalue weighted by atomic mass is 32.2. The van der Waals surface area contributed by atoms with Crippen LogP contribution in [0.4, 0.5) is 0 Å². The molecule has 5 heterocycles. The smallest absolute Gasteiger partial charge is 0.279 e. The first-order chi connectivity index (χ1) is 19.8. The van der Waals surface area contributed by atoms with Crippen molar-refractivity contribution in [3.8, 4) is 17.3 Å². The lowest BCUT2D eigenvalue weighted by Crippen LogP contribution is -2.48. The number of sulfonamides is 1. The van der Waals surface area contributed by atoms with E-state index in [1.807, 2.05) is 19.9 Å². The molecule has 1 fully saturated rings. The van der Waals surface area contributed by atoms with Crippen LogP contribution in [0.25, 0.3) is 22.4 Å². The second kappa shape index (κ2) is 12.4. The topological polar surface area (TPSA) is 152 Å². The molecule has 0 saturated carbocycles. The second-order valence-corrected chi connectivity index (χ2v) is 11.8. The standard InChI is InChI=1S/C27H35N9O4S/c1-4-8-22-23-24(33-36(22)18-19-9-7-10-29-32-19)26(37)31-25(30-23)21-16-20(17-28-27(21)40-15-5-2)41(38,39)35-13-11-34(6-3)12-14-35/h7,9-10,16-17H,4-6,8,11-15,18H2,1-3H3,(H,30,31,37). The molecule has 1 aliphatic rings. The fourth-order valence-electron chi connectivity index (χ4n) is 4.87. The molecule has 1 N–H and O–H groups in total. The Morgan fingerprint density at radius 1 is 1.07 bits per heavy atom. The predicted molar refractivity (Wildman–Crippen MR) is 153 cm³/mol. The quantitative estimate of drug-likeness (QED) is 0.279. The van der Waals surface area contributed by atoms with E-state index in [4.69, 9.17) is 9.72 Å². The van der Waals surface area contributed by atoms with Gasteiger partial charge in [0.25, 0.3) is 5.56 Å². The maximum Gasteiger partial charge on any atom is 0.279 e. The van der Waals surface area contributed by atoms with Crippen LogP contribution in [0, 0.1) is 0 Å². The van der Waals surface area contributed by atoms with Gasteiger partial charge in [0.2, 0.25) is 15.9 Å². The number of H-pyrrole nitrogens is 1. The number of fused-ring (bicyclic) bond motifs is 1. The summed E-state index contributed by atoms with van der Waals surface area (Å²) < 4.78 is 36.3. The molecule has 14 heteroatoms. The SMILES string of the molecule is CCCOc1ncc(S(=O)(=O)N2CCN(CC)CC2)cc1-c1nc2c(CCC)n(Cc3cccnn3)nc2c(=O)[nH]1. The minimum atomic E-state index is -3.82. The van der Waals surface area contributed by atoms with Gasteiger partial charge in [0.1, 0.15) is 16.2 Å². The van der Waals surface area contributed by atoms with Crippen molar-refractivity contribution in [2.24, 2.45) is 0 Å². The molecule has 0 amide bonds. The van der Waals surface area contributed by atoms with Crippen molar-refractivity contribution in [1.82, 2.24) is 44.1 Å². The number of hydrogen-bond donors (Lipinski definition) is 1. The van der Waals surface area contributed by atoms with E-state index in [9.17, 15) is 13.2 Å². The van der Waals surface area contributed by atoms with Gasteiger partial charge in [0.05, 0.1) is 36.3 Å². The Bertz CT molecular complexity index is 1660. The third-order valence-electron chi connectivity index (χ3n) is 7.07. The van der Waals surface area contributed by atoms with Gasteiger partial charge in [-0.2, -0.15) is 19.6 Å². The van der Waals surface area contributed by atoms with E-state index in [1.54, 1.807) is 16.9 Å². The van der Waals surface area contributed by atoms with E-state index in [-0.39, 0.29) is 22.1 Å². The predicted octanol–water partition coefficient (Wildman–Crippen LogP) is 2.09. The minimum absolute atomic E-state index is 0.0242. The first-order valence-corrected chi connectivity index (χ1v) is 15.4. The highest BCUT2D eigenvalue weighted by Crippen LogP contribution is 2.30. The Kier molecular flexibility index (Phi) is 8.71. The first kappa shape index (κ1) is 28.8. The fraction of sp³-hybridized carbons (Fsp3) is 0.481. The molecular formula is C27H35N9O4S. The lowest BCUT2D eigenvalue weighted by molar-refractivity contribution is 0.196. The number of ether oxygens (including phenoxy) is 1. The van der Waals surface area contributed by atoms with Gasteiger partial charge in [0, 0.05) is 32.4 Å². The number of aromatic amines is 1. The zero-order valence-corrected chi connectivity index (χ0v) is 24.4. The molecule has 13 nitrogen and oxygen atoms in total. The van der Waals surface area contributed by atoms with E-state index in [0.29, 0.717) is 62.5 Å². The first-order valence-electron chi connectivity index (χ1n) is 14.0. The average molecular weight is 582 g/mol. The van der Waals surface area contributed by atoms with Crippen molar-refractivity contribution in [2.75, 3.05) is 39.3 Å². The molecule has 0 spiro atoms. The summed E-state index contributed by atoms with van der Waals surface area (Å²) in [6, 6.07) is 5.13. The zero-order chi connectivity index (χ0) is 29.0. The van der Waals surface area contributed by atoms with Gasteiger partial charge in [-0.05, 0) is 37.6 Å². The van der Waals surface area contributed by atoms with Crippen LogP contribution in [-0.4, -0.2) is 91.9 Å². The van der Waals surface area contributed by atoms with Crippen LogP contribution in [0.15, 0.2) is 40.3 Å². The highest BCUT2D eigenvalue weighted by Gasteiger charge is 2.30. The van der Waals surface area contributed by atoms with E-state index >= 15 is 0 Å². The minimum Gasteiger partial charge on any atom is -0.477 e. The highest BCUT2D eigenvalue weighted by molar-refractivity contribution is 7.89. The second-order valence-electron chi connectivity index (χ2n) is 9.89. The molecule has 4 aromatic heterocycles. The van der Waals surface area contributed by atoms with Crippen LogP contribution >= 0.6 is 0 Å². The van der Waals surface area contributed by atoms with Gasteiger partial charge in [0.15, 0.2) is 5.52 Å². The number of pyridine rings is 1. The molecular weight excluding hydrogens is 546 g/mol. The summed E-state index contributed by atoms with van der Waals surface area (Å²) in [4.78, 5) is 27.5. The molecule has 1 aliphatic heterocycles. The monoisotopic (exact) mass is 581 g/mol. The van der Waals surface area contributed by atoms with Crippen LogP contribution in [0.2, 0.25) is 0 Å². The molecule has 0 aliphatic carbocycles. The van der Waals surface area contributed by atoms with Gasteiger partial charge in [-0.3, -0.25) is 9.48 Å². The number of hydrogen-bond acceptors (Lipinski definition) is 10. The van der Waals surface area contributed by atoms with Crippen LogP contribution in [-0.2, 0) is 23.0 Å². The molecule has 41 heavy (non-hydrogen) atoms. The molecule has 0 radical (unpaired) electrons. The maximum absolute atomic E-state index is 13.6. The van der Waals surface area contributed by atoms with E-state index < -0.39 is 15.6 Å². The number of aryl methyl sites for hydroxylation is 1. The molecule has 1 saturated heterocycles. The van der Waals surface area contributed by atoms with Crippen molar-refractivity contribution in [3.05, 3.63) is 52.3 Å². The summed E-state index contributed by atoms with van der Waals surface area (Å²) in [5, 5.41) is 12.6. The van der Waals surface area contributed by atoms with Gasteiger partial charge in [-0.15, -0.1) is 0 Å². The average Bonchev–Trinajstić information content (AvgIpc) is 3.33. The Labute approximate surface area is 238 Å². The number of aromatic nitrogens is 7. The molecule has 4 aromatic rings. The Hall–Kier alpha value is -3.75. The zero-order valence-electron chi connectivity index (χ0n) is 23.6. The van der Waals surface area contributed by atoms with Crippen LogP contribution in [0.1, 0.15) is 45.0 Å². The molecule has 5 rings (SSSR count). The van der Waals surface area contributed by atoms with Crippen molar-refractivity contribution in [1.29, 1.82) is 0 Å². The largest absolute Gasteiger partial charge is 0.477 e. The summed E-state index contributed by atoms with van der Waals surface area (Å²) in [5.41, 5.74) is 1.98. The lowest BCUT2D eigenvalue weighted by Gasteiger charge is -2.33. The number of piperazine rings is 1. The van der Waals surface area contributed by atoms with Gasteiger partial charge < -0.3 is 14.6 Å². The number of rotatable bonds is 11. The molecule has 0 unspecified atom stereocenters. The Morgan fingerprint density at radius 3 is 2.56 bits per heavy atom. The third-order valence-corrected chi connectivity index (χ3v) is 8.93. The number of nitrogens with zero attached hydrogens (tertiary/aromatic N) is 8. The van der Waals surface area contributed by atoms with Gasteiger partial charge >= 0.3 is 0 Å².